The molecule has 0 aliphatic heterocycles. The number of thioether (sulfide) groups is 1. The number of hydrogen-bond acceptors (Lipinski definition) is 5. The molecule has 3 rings (SSSR count). The van der Waals surface area contributed by atoms with E-state index >= 15 is 0 Å². The number of hydrogen-bond donors (Lipinski definition) is 1. The number of rotatable bonds is 7. The van der Waals surface area contributed by atoms with Crippen LogP contribution in [0.25, 0.3) is 0 Å². The molecule has 0 spiro atoms. The Morgan fingerprint density at radius 1 is 1.13 bits per heavy atom. The lowest BCUT2D eigenvalue weighted by molar-refractivity contribution is -0.742. The number of ether oxygens (including phenoxy) is 1. The largest absolute Gasteiger partial charge is 0.492 e. The Hall–Kier alpha value is -1.84. The van der Waals surface area contributed by atoms with E-state index in [2.05, 4.69) is 4.98 Å². The summed E-state index contributed by atoms with van der Waals surface area (Å²) in [4.78, 5) is 13.4. The second kappa shape index (κ2) is 12.1. The maximum absolute atomic E-state index is 8.36. The smallest absolute Gasteiger partial charge is 0.291 e. The molecule has 0 aliphatic rings. The van der Waals surface area contributed by atoms with Crippen molar-refractivity contribution < 1.29 is 15.0 Å². The molecule has 2 aromatic carbocycles. The van der Waals surface area contributed by atoms with Gasteiger partial charge in [-0.2, -0.15) is 0 Å². The van der Waals surface area contributed by atoms with Gasteiger partial charge in [0, 0.05) is 34.9 Å². The standard InChI is InChI=1S/C18H14Cl4N2OS.HNO3/c19-12-1-4-18(17(22)7-12)26-14(9-24-6-5-23-11-24)10-25-13-2-3-15(20)16(21)8-13;2-1(3)4/h1-8,11,14H,9-10H2;(H,2,3,4). The van der Waals surface area contributed by atoms with Crippen LogP contribution < -0.4 is 4.74 Å². The maximum atomic E-state index is 8.36. The fraction of sp³-hybridized carbons (Fsp3) is 0.167. The third kappa shape index (κ3) is 8.49. The van der Waals surface area contributed by atoms with Gasteiger partial charge in [-0.05, 0) is 30.3 Å². The lowest BCUT2D eigenvalue weighted by Gasteiger charge is -2.19. The number of aromatic nitrogens is 2. The highest BCUT2D eigenvalue weighted by Crippen LogP contribution is 2.34. The molecule has 0 saturated heterocycles. The number of halogens is 4. The van der Waals surface area contributed by atoms with Crippen LogP contribution in [-0.2, 0) is 6.54 Å². The quantitative estimate of drug-likeness (QED) is 0.225. The molecule has 0 aliphatic carbocycles. The first-order chi connectivity index (χ1) is 14.2. The summed E-state index contributed by atoms with van der Waals surface area (Å²) < 4.78 is 7.92. The van der Waals surface area contributed by atoms with Crippen LogP contribution >= 0.6 is 58.2 Å². The van der Waals surface area contributed by atoms with Gasteiger partial charge in [-0.3, -0.25) is 0 Å². The summed E-state index contributed by atoms with van der Waals surface area (Å²) >= 11 is 25.9. The van der Waals surface area contributed by atoms with E-state index in [1.54, 1.807) is 48.6 Å². The van der Waals surface area contributed by atoms with Crippen LogP contribution in [0.1, 0.15) is 0 Å². The minimum absolute atomic E-state index is 0.0947. The van der Waals surface area contributed by atoms with Crippen molar-refractivity contribution in [1.82, 2.24) is 9.55 Å². The number of benzene rings is 2. The highest BCUT2D eigenvalue weighted by atomic mass is 35.5. The van der Waals surface area contributed by atoms with Crippen LogP contribution in [0, 0.1) is 10.1 Å². The van der Waals surface area contributed by atoms with Gasteiger partial charge in [0.15, 0.2) is 0 Å². The monoisotopic (exact) mass is 509 g/mol. The third-order valence-corrected chi connectivity index (χ3v) is 6.12. The zero-order valence-corrected chi connectivity index (χ0v) is 19.0. The van der Waals surface area contributed by atoms with E-state index in [9.17, 15) is 0 Å². The van der Waals surface area contributed by atoms with Crippen molar-refractivity contribution in [3.05, 3.63) is 85.3 Å². The molecule has 0 fully saturated rings. The zero-order valence-electron chi connectivity index (χ0n) is 15.1. The molecule has 0 radical (unpaired) electrons. The first kappa shape index (κ1) is 24.4. The van der Waals surface area contributed by atoms with Gasteiger partial charge < -0.3 is 14.5 Å². The van der Waals surface area contributed by atoms with Crippen molar-refractivity contribution in [2.45, 2.75) is 16.7 Å². The Morgan fingerprint density at radius 2 is 1.87 bits per heavy atom. The third-order valence-electron chi connectivity index (χ3n) is 3.49. The van der Waals surface area contributed by atoms with Crippen LogP contribution in [0.15, 0.2) is 60.0 Å². The van der Waals surface area contributed by atoms with Crippen LogP contribution in [0.5, 0.6) is 5.75 Å². The summed E-state index contributed by atoms with van der Waals surface area (Å²) in [6.45, 7) is 1.17. The minimum atomic E-state index is -1.50. The van der Waals surface area contributed by atoms with E-state index in [1.165, 1.54) is 0 Å². The van der Waals surface area contributed by atoms with E-state index < -0.39 is 5.09 Å². The van der Waals surface area contributed by atoms with Crippen molar-refractivity contribution in [3.8, 4) is 5.75 Å². The average molecular weight is 511 g/mol. The molecule has 30 heavy (non-hydrogen) atoms. The molecule has 1 aromatic heterocycles. The molecule has 0 bridgehead atoms. The van der Waals surface area contributed by atoms with Gasteiger partial charge in [-0.1, -0.05) is 46.4 Å². The Morgan fingerprint density at radius 3 is 2.47 bits per heavy atom. The molecule has 1 atom stereocenters. The van der Waals surface area contributed by atoms with Crippen molar-refractivity contribution >= 4 is 58.2 Å². The Labute approximate surface area is 196 Å². The normalized spacial score (nSPS) is 11.3. The van der Waals surface area contributed by atoms with E-state index in [-0.39, 0.29) is 5.25 Å². The molecule has 0 amide bonds. The Bertz CT molecular complexity index is 972. The summed E-state index contributed by atoms with van der Waals surface area (Å²) in [6, 6.07) is 10.7. The molecule has 3 aromatic rings. The Balaban J connectivity index is 0.000000735. The summed E-state index contributed by atoms with van der Waals surface area (Å²) in [7, 11) is 0. The van der Waals surface area contributed by atoms with Crippen molar-refractivity contribution in [2.75, 3.05) is 6.61 Å². The van der Waals surface area contributed by atoms with Crippen LogP contribution in [0.2, 0.25) is 20.1 Å². The van der Waals surface area contributed by atoms with Crippen LogP contribution in [0.3, 0.4) is 0 Å². The highest BCUT2D eigenvalue weighted by molar-refractivity contribution is 8.00. The van der Waals surface area contributed by atoms with Crippen molar-refractivity contribution in [2.24, 2.45) is 0 Å². The zero-order chi connectivity index (χ0) is 22.1. The van der Waals surface area contributed by atoms with Gasteiger partial charge in [-0.15, -0.1) is 21.9 Å². The van der Waals surface area contributed by atoms with Crippen molar-refractivity contribution in [3.63, 3.8) is 0 Å². The number of imidazole rings is 1. The molecule has 7 nitrogen and oxygen atoms in total. The first-order valence-electron chi connectivity index (χ1n) is 8.23. The van der Waals surface area contributed by atoms with Gasteiger partial charge in [0.1, 0.15) is 12.4 Å². The van der Waals surface area contributed by atoms with E-state index in [0.29, 0.717) is 39.0 Å². The minimum Gasteiger partial charge on any atom is -0.492 e. The number of nitrogens with zero attached hydrogens (tertiary/aromatic N) is 3. The van der Waals surface area contributed by atoms with E-state index in [4.69, 9.17) is 66.5 Å². The Kier molecular flexibility index (Phi) is 9.87. The lowest BCUT2D eigenvalue weighted by Crippen LogP contribution is -2.20. The highest BCUT2D eigenvalue weighted by Gasteiger charge is 2.15. The fourth-order valence-corrected chi connectivity index (χ4v) is 4.15. The summed E-state index contributed by atoms with van der Waals surface area (Å²) in [5, 5.41) is 15.9. The van der Waals surface area contributed by atoms with E-state index in [0.717, 1.165) is 4.90 Å². The predicted molar refractivity (Wildman–Crippen MR) is 119 cm³/mol. The molecular formula is C18H15Cl4N3O4S. The molecule has 1 unspecified atom stereocenters. The molecule has 12 heteroatoms. The molecule has 1 heterocycles. The summed E-state index contributed by atoms with van der Waals surface area (Å²) in [5.41, 5.74) is 0. The second-order valence-corrected chi connectivity index (χ2v) is 8.70. The van der Waals surface area contributed by atoms with Gasteiger partial charge in [0.2, 0.25) is 0 Å². The molecule has 160 valence electrons. The predicted octanol–water partition coefficient (Wildman–Crippen LogP) is 6.39. The molecular weight excluding hydrogens is 496 g/mol. The van der Waals surface area contributed by atoms with Crippen molar-refractivity contribution in [1.29, 1.82) is 0 Å². The van der Waals surface area contributed by atoms with Gasteiger partial charge in [0.05, 0.1) is 26.6 Å². The topological polar surface area (TPSA) is 90.4 Å². The molecule has 0 saturated carbocycles. The van der Waals surface area contributed by atoms with Crippen LogP contribution in [-0.4, -0.2) is 31.7 Å². The van der Waals surface area contributed by atoms with Gasteiger partial charge in [0.25, 0.3) is 5.09 Å². The van der Waals surface area contributed by atoms with Gasteiger partial charge in [-0.25, -0.2) is 4.98 Å². The maximum Gasteiger partial charge on any atom is 0.291 e. The van der Waals surface area contributed by atoms with Gasteiger partial charge >= 0.3 is 0 Å². The summed E-state index contributed by atoms with van der Waals surface area (Å²) in [5.74, 6) is 0.665. The molecule has 1 N–H and O–H groups in total. The van der Waals surface area contributed by atoms with Crippen LogP contribution in [0.4, 0.5) is 0 Å². The average Bonchev–Trinajstić information content (AvgIpc) is 3.17. The lowest BCUT2D eigenvalue weighted by atomic mass is 10.3. The SMILES string of the molecule is Clc1ccc(SC(COc2ccc(Cl)c(Cl)c2)Cn2ccnc2)c(Cl)c1.O=[N+]([O-])O. The fourth-order valence-electron chi connectivity index (χ4n) is 2.26. The first-order valence-corrected chi connectivity index (χ1v) is 10.6. The summed E-state index contributed by atoms with van der Waals surface area (Å²) in [6.07, 6.45) is 5.43. The van der Waals surface area contributed by atoms with E-state index in [1.807, 2.05) is 22.9 Å². The second-order valence-electron chi connectivity index (χ2n) is 5.70.